The van der Waals surface area contributed by atoms with Crippen molar-refractivity contribution in [2.45, 2.75) is 19.4 Å². The lowest BCUT2D eigenvalue weighted by Gasteiger charge is -2.13. The zero-order valence-corrected chi connectivity index (χ0v) is 11.3. The molecule has 0 aromatic heterocycles. The first-order valence-electron chi connectivity index (χ1n) is 6.53. The number of benzene rings is 2. The molecule has 2 aromatic rings. The Morgan fingerprint density at radius 1 is 1.10 bits per heavy atom. The molecule has 2 N–H and O–H groups in total. The number of halogens is 2. The van der Waals surface area contributed by atoms with Gasteiger partial charge >= 0.3 is 0 Å². The van der Waals surface area contributed by atoms with Crippen molar-refractivity contribution in [2.75, 3.05) is 6.61 Å². The third-order valence-corrected chi connectivity index (χ3v) is 3.09. The van der Waals surface area contributed by atoms with Crippen molar-refractivity contribution in [3.05, 3.63) is 65.2 Å². The van der Waals surface area contributed by atoms with Gasteiger partial charge in [-0.05, 0) is 42.7 Å². The fourth-order valence-electron chi connectivity index (χ4n) is 2.04. The third kappa shape index (κ3) is 3.33. The maximum absolute atomic E-state index is 13.6. The van der Waals surface area contributed by atoms with Crippen molar-refractivity contribution >= 4 is 0 Å². The monoisotopic (exact) mass is 277 g/mol. The number of hydrogen-bond acceptors (Lipinski definition) is 2. The number of hydrogen-bond donors (Lipinski definition) is 1. The van der Waals surface area contributed by atoms with Crippen LogP contribution < -0.4 is 10.5 Å². The summed E-state index contributed by atoms with van der Waals surface area (Å²) >= 11 is 0. The molecular weight excluding hydrogens is 260 g/mol. The first-order chi connectivity index (χ1) is 9.61. The van der Waals surface area contributed by atoms with Crippen LogP contribution in [-0.2, 0) is 6.42 Å². The van der Waals surface area contributed by atoms with E-state index < -0.39 is 11.6 Å². The van der Waals surface area contributed by atoms with E-state index in [-0.39, 0.29) is 18.0 Å². The van der Waals surface area contributed by atoms with Crippen LogP contribution in [0, 0.1) is 11.6 Å². The molecule has 0 aliphatic carbocycles. The highest BCUT2D eigenvalue weighted by Crippen LogP contribution is 2.21. The van der Waals surface area contributed by atoms with E-state index in [2.05, 4.69) is 0 Å². The summed E-state index contributed by atoms with van der Waals surface area (Å²) in [5.74, 6) is -0.907. The van der Waals surface area contributed by atoms with E-state index in [4.69, 9.17) is 10.5 Å². The molecule has 0 radical (unpaired) electrons. The van der Waals surface area contributed by atoms with Crippen LogP contribution in [0.1, 0.15) is 24.1 Å². The van der Waals surface area contributed by atoms with Gasteiger partial charge in [0.2, 0.25) is 0 Å². The minimum absolute atomic E-state index is 0.248. The maximum Gasteiger partial charge on any atom is 0.162 e. The van der Waals surface area contributed by atoms with Gasteiger partial charge in [0.15, 0.2) is 11.6 Å². The summed E-state index contributed by atoms with van der Waals surface area (Å²) in [7, 11) is 0. The van der Waals surface area contributed by atoms with Gasteiger partial charge in [0, 0.05) is 6.04 Å². The molecule has 2 aromatic carbocycles. The molecule has 0 saturated carbocycles. The summed E-state index contributed by atoms with van der Waals surface area (Å²) in [4.78, 5) is 0. The van der Waals surface area contributed by atoms with E-state index in [1.165, 1.54) is 6.07 Å². The van der Waals surface area contributed by atoms with Gasteiger partial charge in [0.05, 0.1) is 6.61 Å². The van der Waals surface area contributed by atoms with Crippen LogP contribution in [0.5, 0.6) is 5.75 Å². The molecule has 1 unspecified atom stereocenters. The highest BCUT2D eigenvalue weighted by molar-refractivity contribution is 5.30. The zero-order chi connectivity index (χ0) is 14.5. The van der Waals surface area contributed by atoms with Crippen LogP contribution in [-0.4, -0.2) is 6.61 Å². The maximum atomic E-state index is 13.6. The molecule has 106 valence electrons. The van der Waals surface area contributed by atoms with Gasteiger partial charge in [-0.25, -0.2) is 8.78 Å². The number of ether oxygens (including phenoxy) is 1. The Morgan fingerprint density at radius 3 is 2.45 bits per heavy atom. The summed E-state index contributed by atoms with van der Waals surface area (Å²) in [5.41, 5.74) is 7.18. The van der Waals surface area contributed by atoms with Crippen molar-refractivity contribution in [1.82, 2.24) is 0 Å². The fraction of sp³-hybridized carbons (Fsp3) is 0.250. The minimum Gasteiger partial charge on any atom is -0.494 e. The van der Waals surface area contributed by atoms with Gasteiger partial charge < -0.3 is 10.5 Å². The topological polar surface area (TPSA) is 35.2 Å². The Kier molecular flexibility index (Phi) is 4.69. The van der Waals surface area contributed by atoms with Crippen LogP contribution in [0.3, 0.4) is 0 Å². The molecule has 20 heavy (non-hydrogen) atoms. The average Bonchev–Trinajstić information content (AvgIpc) is 2.45. The molecule has 0 amide bonds. The van der Waals surface area contributed by atoms with Gasteiger partial charge in [-0.2, -0.15) is 0 Å². The lowest BCUT2D eigenvalue weighted by molar-refractivity contribution is 0.340. The molecule has 0 spiro atoms. The van der Waals surface area contributed by atoms with Gasteiger partial charge in [0.1, 0.15) is 5.75 Å². The van der Waals surface area contributed by atoms with Gasteiger partial charge in [-0.15, -0.1) is 0 Å². The quantitative estimate of drug-likeness (QED) is 0.906. The molecule has 0 heterocycles. The highest BCUT2D eigenvalue weighted by atomic mass is 19.2. The van der Waals surface area contributed by atoms with E-state index in [0.717, 1.165) is 17.4 Å². The first kappa shape index (κ1) is 14.5. The minimum atomic E-state index is -0.846. The lowest BCUT2D eigenvalue weighted by Crippen LogP contribution is -2.14. The second-order valence-corrected chi connectivity index (χ2v) is 4.53. The zero-order valence-electron chi connectivity index (χ0n) is 11.3. The fourth-order valence-corrected chi connectivity index (χ4v) is 2.04. The molecule has 0 aliphatic heterocycles. The summed E-state index contributed by atoms with van der Waals surface area (Å²) in [6, 6.07) is 11.1. The van der Waals surface area contributed by atoms with Crippen molar-refractivity contribution in [1.29, 1.82) is 0 Å². The van der Waals surface area contributed by atoms with Crippen LogP contribution in [0.15, 0.2) is 42.5 Å². The number of rotatable bonds is 5. The van der Waals surface area contributed by atoms with Gasteiger partial charge in [-0.3, -0.25) is 0 Å². The van der Waals surface area contributed by atoms with Crippen LogP contribution in [0.2, 0.25) is 0 Å². The SMILES string of the molecule is CCOc1ccc(C(N)Cc2cccc(F)c2F)cc1. The van der Waals surface area contributed by atoms with E-state index in [1.54, 1.807) is 6.07 Å². The van der Waals surface area contributed by atoms with Crippen LogP contribution in [0.25, 0.3) is 0 Å². The third-order valence-electron chi connectivity index (χ3n) is 3.09. The van der Waals surface area contributed by atoms with Gasteiger partial charge in [-0.1, -0.05) is 24.3 Å². The summed E-state index contributed by atoms with van der Waals surface area (Å²) in [5, 5.41) is 0. The summed E-state index contributed by atoms with van der Waals surface area (Å²) in [6.07, 6.45) is 0.248. The van der Waals surface area contributed by atoms with Crippen molar-refractivity contribution in [3.63, 3.8) is 0 Å². The highest BCUT2D eigenvalue weighted by Gasteiger charge is 2.13. The smallest absolute Gasteiger partial charge is 0.162 e. The second kappa shape index (κ2) is 6.48. The Labute approximate surface area is 117 Å². The molecule has 4 heteroatoms. The first-order valence-corrected chi connectivity index (χ1v) is 6.53. The summed E-state index contributed by atoms with van der Waals surface area (Å²) in [6.45, 7) is 2.51. The normalized spacial score (nSPS) is 12.2. The Hall–Kier alpha value is -1.94. The molecule has 0 bridgehead atoms. The van der Waals surface area contributed by atoms with Crippen molar-refractivity contribution in [3.8, 4) is 5.75 Å². The van der Waals surface area contributed by atoms with E-state index in [9.17, 15) is 8.78 Å². The second-order valence-electron chi connectivity index (χ2n) is 4.53. The Balaban J connectivity index is 2.11. The number of nitrogens with two attached hydrogens (primary N) is 1. The predicted molar refractivity (Wildman–Crippen MR) is 74.6 cm³/mol. The molecule has 2 nitrogen and oxygen atoms in total. The predicted octanol–water partition coefficient (Wildman–Crippen LogP) is 3.61. The van der Waals surface area contributed by atoms with Gasteiger partial charge in [0.25, 0.3) is 0 Å². The Morgan fingerprint density at radius 2 is 1.80 bits per heavy atom. The van der Waals surface area contributed by atoms with Crippen LogP contribution >= 0.6 is 0 Å². The largest absolute Gasteiger partial charge is 0.494 e. The molecule has 0 fully saturated rings. The van der Waals surface area contributed by atoms with E-state index >= 15 is 0 Å². The lowest BCUT2D eigenvalue weighted by atomic mass is 9.99. The van der Waals surface area contributed by atoms with Crippen molar-refractivity contribution < 1.29 is 13.5 Å². The van der Waals surface area contributed by atoms with E-state index in [0.29, 0.717) is 6.61 Å². The Bertz CT molecular complexity index is 569. The van der Waals surface area contributed by atoms with Crippen molar-refractivity contribution in [2.24, 2.45) is 5.73 Å². The molecule has 0 aliphatic rings. The van der Waals surface area contributed by atoms with E-state index in [1.807, 2.05) is 31.2 Å². The average molecular weight is 277 g/mol. The standard InChI is InChI=1S/C16H17F2NO/c1-2-20-13-8-6-11(7-9-13)15(19)10-12-4-3-5-14(17)16(12)18/h3-9,15H,2,10,19H2,1H3. The molecule has 1 atom stereocenters. The molecular formula is C16H17F2NO. The molecule has 2 rings (SSSR count). The molecule has 0 saturated heterocycles. The van der Waals surface area contributed by atoms with Crippen LogP contribution in [0.4, 0.5) is 8.78 Å². The summed E-state index contributed by atoms with van der Waals surface area (Å²) < 4.78 is 32.1.